The number of hydrogen-bond donors (Lipinski definition) is 1. The highest BCUT2D eigenvalue weighted by Crippen LogP contribution is 2.41. The molecule has 0 aliphatic rings. The number of benzene rings is 3. The Kier molecular flexibility index (Phi) is 3.59. The Bertz CT molecular complexity index is 871. The number of nitrogens with one attached hydrogen (secondary N) is 1. The molecule has 0 aliphatic heterocycles. The number of ether oxygens (including phenoxy) is 2. The Hall–Kier alpha value is -2.75. The molecule has 4 nitrogen and oxygen atoms in total. The molecule has 22 heavy (non-hydrogen) atoms. The van der Waals surface area contributed by atoms with E-state index in [1.807, 2.05) is 42.5 Å². The summed E-state index contributed by atoms with van der Waals surface area (Å²) in [5.41, 5.74) is 0.794. The molecule has 0 aliphatic carbocycles. The Morgan fingerprint density at radius 3 is 2.36 bits per heavy atom. The minimum Gasteiger partial charge on any atom is -0.493 e. The van der Waals surface area contributed by atoms with Crippen molar-refractivity contribution in [3.05, 3.63) is 42.5 Å². The van der Waals surface area contributed by atoms with Crippen molar-refractivity contribution in [3.63, 3.8) is 0 Å². The lowest BCUT2D eigenvalue weighted by Crippen LogP contribution is -2.06. The van der Waals surface area contributed by atoms with Crippen LogP contribution < -0.4 is 14.8 Å². The van der Waals surface area contributed by atoms with Gasteiger partial charge in [-0.1, -0.05) is 30.3 Å². The van der Waals surface area contributed by atoms with Crippen LogP contribution in [-0.4, -0.2) is 20.1 Å². The van der Waals surface area contributed by atoms with Gasteiger partial charge in [-0.2, -0.15) is 0 Å². The van der Waals surface area contributed by atoms with Gasteiger partial charge >= 0.3 is 0 Å². The zero-order chi connectivity index (χ0) is 15.7. The van der Waals surface area contributed by atoms with E-state index in [1.165, 1.54) is 6.92 Å². The number of rotatable bonds is 3. The van der Waals surface area contributed by atoms with E-state index in [2.05, 4.69) is 5.32 Å². The largest absolute Gasteiger partial charge is 0.493 e. The lowest BCUT2D eigenvalue weighted by atomic mass is 9.99. The first-order valence-electron chi connectivity index (χ1n) is 6.99. The van der Waals surface area contributed by atoms with E-state index in [0.717, 1.165) is 27.2 Å². The Labute approximate surface area is 128 Å². The molecule has 3 aromatic carbocycles. The van der Waals surface area contributed by atoms with Gasteiger partial charge in [-0.15, -0.1) is 0 Å². The van der Waals surface area contributed by atoms with Crippen LogP contribution >= 0.6 is 0 Å². The topological polar surface area (TPSA) is 47.6 Å². The summed E-state index contributed by atoms with van der Waals surface area (Å²) in [6.45, 7) is 1.51. The second-order valence-electron chi connectivity index (χ2n) is 5.05. The number of anilines is 1. The van der Waals surface area contributed by atoms with Gasteiger partial charge in [0.1, 0.15) is 0 Å². The van der Waals surface area contributed by atoms with Crippen molar-refractivity contribution >= 4 is 33.1 Å². The fourth-order valence-electron chi connectivity index (χ4n) is 2.80. The Morgan fingerprint density at radius 2 is 1.73 bits per heavy atom. The van der Waals surface area contributed by atoms with Crippen LogP contribution in [0.2, 0.25) is 0 Å². The van der Waals surface area contributed by atoms with Gasteiger partial charge in [0.15, 0.2) is 11.5 Å². The van der Waals surface area contributed by atoms with Crippen LogP contribution in [0, 0.1) is 0 Å². The lowest BCUT2D eigenvalue weighted by molar-refractivity contribution is -0.114. The van der Waals surface area contributed by atoms with Crippen LogP contribution in [0.25, 0.3) is 21.5 Å². The van der Waals surface area contributed by atoms with Crippen LogP contribution in [0.3, 0.4) is 0 Å². The third kappa shape index (κ3) is 2.22. The van der Waals surface area contributed by atoms with Gasteiger partial charge in [-0.3, -0.25) is 4.79 Å². The van der Waals surface area contributed by atoms with Gasteiger partial charge in [-0.05, 0) is 22.9 Å². The normalized spacial score (nSPS) is 10.7. The minimum absolute atomic E-state index is 0.0926. The molecule has 0 radical (unpaired) electrons. The maximum Gasteiger partial charge on any atom is 0.221 e. The summed E-state index contributed by atoms with van der Waals surface area (Å²) in [4.78, 5) is 11.5. The number of carbonyl (C=O) groups is 1. The van der Waals surface area contributed by atoms with E-state index in [0.29, 0.717) is 11.5 Å². The first-order chi connectivity index (χ1) is 10.7. The third-order valence-electron chi connectivity index (χ3n) is 3.67. The van der Waals surface area contributed by atoms with E-state index < -0.39 is 0 Å². The molecule has 0 saturated heterocycles. The molecule has 1 N–H and O–H groups in total. The molecule has 0 aromatic heterocycles. The molecule has 112 valence electrons. The smallest absolute Gasteiger partial charge is 0.221 e. The van der Waals surface area contributed by atoms with Gasteiger partial charge in [-0.25, -0.2) is 0 Å². The van der Waals surface area contributed by atoms with Crippen molar-refractivity contribution in [2.24, 2.45) is 0 Å². The number of carbonyl (C=O) groups excluding carboxylic acids is 1. The number of hydrogen-bond acceptors (Lipinski definition) is 3. The molecule has 0 atom stereocenters. The van der Waals surface area contributed by atoms with E-state index in [9.17, 15) is 4.79 Å². The number of methoxy groups -OCH3 is 2. The number of fused-ring (bicyclic) bond motifs is 3. The maximum absolute atomic E-state index is 11.5. The predicted molar refractivity (Wildman–Crippen MR) is 88.9 cm³/mol. The van der Waals surface area contributed by atoms with Crippen molar-refractivity contribution < 1.29 is 14.3 Å². The SMILES string of the molecule is COc1ccc2cc(NC(C)=O)c3ccccc3c2c1OC. The highest BCUT2D eigenvalue weighted by Gasteiger charge is 2.14. The summed E-state index contributed by atoms with van der Waals surface area (Å²) in [7, 11) is 3.26. The van der Waals surface area contributed by atoms with Crippen molar-refractivity contribution in [2.75, 3.05) is 19.5 Å². The second kappa shape index (κ2) is 5.56. The summed E-state index contributed by atoms with van der Waals surface area (Å²) in [5, 5.41) is 6.84. The molecular weight excluding hydrogens is 278 g/mol. The molecule has 0 bridgehead atoms. The lowest BCUT2D eigenvalue weighted by Gasteiger charge is -2.15. The molecule has 0 heterocycles. The van der Waals surface area contributed by atoms with Crippen LogP contribution in [0.1, 0.15) is 6.92 Å². The van der Waals surface area contributed by atoms with E-state index >= 15 is 0 Å². The van der Waals surface area contributed by atoms with Crippen LogP contribution in [0.4, 0.5) is 5.69 Å². The monoisotopic (exact) mass is 295 g/mol. The van der Waals surface area contributed by atoms with Gasteiger partial charge in [0, 0.05) is 23.4 Å². The van der Waals surface area contributed by atoms with Gasteiger partial charge in [0.25, 0.3) is 0 Å². The molecule has 4 heteroatoms. The van der Waals surface area contributed by atoms with Gasteiger partial charge in [0.2, 0.25) is 5.91 Å². The number of amides is 1. The minimum atomic E-state index is -0.0926. The molecule has 0 spiro atoms. The Balaban J connectivity index is 2.46. The summed E-state index contributed by atoms with van der Waals surface area (Å²) >= 11 is 0. The van der Waals surface area contributed by atoms with Crippen LogP contribution in [-0.2, 0) is 4.79 Å². The van der Waals surface area contributed by atoms with Crippen molar-refractivity contribution in [2.45, 2.75) is 6.92 Å². The highest BCUT2D eigenvalue weighted by molar-refractivity contribution is 6.17. The average molecular weight is 295 g/mol. The Morgan fingerprint density at radius 1 is 1.00 bits per heavy atom. The van der Waals surface area contributed by atoms with E-state index in [4.69, 9.17) is 9.47 Å². The quantitative estimate of drug-likeness (QED) is 0.744. The highest BCUT2D eigenvalue weighted by atomic mass is 16.5. The summed E-state index contributed by atoms with van der Waals surface area (Å²) in [6, 6.07) is 13.7. The summed E-state index contributed by atoms with van der Waals surface area (Å²) < 4.78 is 11.0. The average Bonchev–Trinajstić information content (AvgIpc) is 2.53. The fraction of sp³-hybridized carbons (Fsp3) is 0.167. The predicted octanol–water partition coefficient (Wildman–Crippen LogP) is 3.97. The van der Waals surface area contributed by atoms with Crippen LogP contribution in [0.15, 0.2) is 42.5 Å². The van der Waals surface area contributed by atoms with Gasteiger partial charge in [0.05, 0.1) is 14.2 Å². The second-order valence-corrected chi connectivity index (χ2v) is 5.05. The van der Waals surface area contributed by atoms with E-state index in [1.54, 1.807) is 14.2 Å². The first kappa shape index (κ1) is 14.2. The molecule has 0 saturated carbocycles. The molecule has 3 aromatic rings. The first-order valence-corrected chi connectivity index (χ1v) is 6.99. The molecule has 1 amide bonds. The fourth-order valence-corrected chi connectivity index (χ4v) is 2.80. The molecule has 0 unspecified atom stereocenters. The summed E-state index contributed by atoms with van der Waals surface area (Å²) in [5.74, 6) is 1.29. The van der Waals surface area contributed by atoms with Gasteiger partial charge < -0.3 is 14.8 Å². The zero-order valence-corrected chi connectivity index (χ0v) is 12.8. The molecule has 0 fully saturated rings. The maximum atomic E-state index is 11.5. The van der Waals surface area contributed by atoms with Crippen LogP contribution in [0.5, 0.6) is 11.5 Å². The zero-order valence-electron chi connectivity index (χ0n) is 12.8. The standard InChI is InChI=1S/C18H17NO3/c1-11(20)19-15-10-12-8-9-16(21-2)18(22-3)17(12)14-7-5-4-6-13(14)15/h4-10H,1-3H3,(H,19,20). The van der Waals surface area contributed by atoms with E-state index in [-0.39, 0.29) is 5.91 Å². The molecule has 3 rings (SSSR count). The van der Waals surface area contributed by atoms with Crippen molar-refractivity contribution in [1.82, 2.24) is 0 Å². The third-order valence-corrected chi connectivity index (χ3v) is 3.67. The summed E-state index contributed by atoms with van der Waals surface area (Å²) in [6.07, 6.45) is 0. The molecular formula is C18H17NO3. The van der Waals surface area contributed by atoms with Crippen molar-refractivity contribution in [1.29, 1.82) is 0 Å². The van der Waals surface area contributed by atoms with Crippen molar-refractivity contribution in [3.8, 4) is 11.5 Å².